The Morgan fingerprint density at radius 3 is 2.70 bits per heavy atom. The summed E-state index contributed by atoms with van der Waals surface area (Å²) in [4.78, 5) is 31.7. The van der Waals surface area contributed by atoms with E-state index in [0.717, 1.165) is 4.47 Å². The molecule has 27 heavy (non-hydrogen) atoms. The number of nitrogens with zero attached hydrogens (tertiary/aromatic N) is 3. The number of nitrogens with one attached hydrogen (secondary N) is 1. The number of fused-ring (bicyclic) bond motifs is 1. The highest BCUT2D eigenvalue weighted by molar-refractivity contribution is 9.10. The molecule has 0 aliphatic carbocycles. The highest BCUT2D eigenvalue weighted by Crippen LogP contribution is 2.21. The smallest absolute Gasteiger partial charge is 0.318 e. The Morgan fingerprint density at radius 2 is 2.00 bits per heavy atom. The van der Waals surface area contributed by atoms with Crippen LogP contribution in [-0.2, 0) is 6.54 Å². The summed E-state index contributed by atoms with van der Waals surface area (Å²) >= 11 is 3.39. The Labute approximate surface area is 166 Å². The maximum Gasteiger partial charge on any atom is 0.322 e. The van der Waals surface area contributed by atoms with Gasteiger partial charge in [-0.15, -0.1) is 0 Å². The van der Waals surface area contributed by atoms with Crippen LogP contribution >= 0.6 is 15.9 Å². The number of aromatic nitrogens is 2. The molecule has 3 aromatic rings. The first-order valence-corrected chi connectivity index (χ1v) is 9.50. The first-order chi connectivity index (χ1) is 12.9. The van der Waals surface area contributed by atoms with Crippen LogP contribution in [0.25, 0.3) is 10.9 Å². The van der Waals surface area contributed by atoms with Crippen LogP contribution in [0, 0.1) is 0 Å². The third kappa shape index (κ3) is 3.88. The molecule has 6 nitrogen and oxygen atoms in total. The molecular weight excluding hydrogens is 408 g/mol. The van der Waals surface area contributed by atoms with E-state index in [1.165, 1.54) is 0 Å². The number of halogens is 1. The second kappa shape index (κ2) is 7.92. The van der Waals surface area contributed by atoms with Crippen molar-refractivity contribution in [1.82, 2.24) is 14.5 Å². The lowest BCUT2D eigenvalue weighted by molar-refractivity contribution is 0.204. The highest BCUT2D eigenvalue weighted by atomic mass is 79.9. The largest absolute Gasteiger partial charge is 0.322 e. The molecule has 1 N–H and O–H groups in total. The van der Waals surface area contributed by atoms with Gasteiger partial charge in [-0.05, 0) is 44.2 Å². The van der Waals surface area contributed by atoms with Gasteiger partial charge in [0.05, 0.1) is 16.9 Å². The monoisotopic (exact) mass is 428 g/mol. The van der Waals surface area contributed by atoms with E-state index in [1.807, 2.05) is 56.3 Å². The molecule has 2 amide bonds. The van der Waals surface area contributed by atoms with E-state index < -0.39 is 0 Å². The van der Waals surface area contributed by atoms with Gasteiger partial charge in [-0.3, -0.25) is 9.36 Å². The van der Waals surface area contributed by atoms with E-state index in [-0.39, 0.29) is 17.6 Å². The van der Waals surface area contributed by atoms with Crippen molar-refractivity contribution in [3.05, 3.63) is 69.2 Å². The SMILES string of the molecule is CCn1c(C(C)N(C)C(=O)Nc2cccc(Br)c2)nc2ccccc2c1=O. The first kappa shape index (κ1) is 19.1. The van der Waals surface area contributed by atoms with Crippen molar-refractivity contribution in [3.8, 4) is 0 Å². The molecule has 0 aliphatic heterocycles. The van der Waals surface area contributed by atoms with Gasteiger partial charge in [-0.2, -0.15) is 0 Å². The van der Waals surface area contributed by atoms with Crippen LogP contribution in [0.2, 0.25) is 0 Å². The minimum Gasteiger partial charge on any atom is -0.318 e. The zero-order valence-corrected chi connectivity index (χ0v) is 17.0. The molecule has 0 aliphatic rings. The van der Waals surface area contributed by atoms with Crippen molar-refractivity contribution < 1.29 is 4.79 Å². The summed E-state index contributed by atoms with van der Waals surface area (Å²) < 4.78 is 2.50. The molecule has 1 aromatic heterocycles. The molecule has 1 atom stereocenters. The Bertz CT molecular complexity index is 1050. The number of anilines is 1. The predicted octanol–water partition coefficient (Wildman–Crippen LogP) is 4.40. The lowest BCUT2D eigenvalue weighted by Gasteiger charge is -2.27. The van der Waals surface area contributed by atoms with Crippen LogP contribution < -0.4 is 10.9 Å². The molecule has 3 rings (SSSR count). The van der Waals surface area contributed by atoms with Gasteiger partial charge in [-0.1, -0.05) is 34.1 Å². The molecular formula is C20H21BrN4O2. The fourth-order valence-electron chi connectivity index (χ4n) is 2.94. The molecule has 140 valence electrons. The normalized spacial score (nSPS) is 12.0. The molecule has 0 saturated heterocycles. The van der Waals surface area contributed by atoms with Gasteiger partial charge in [-0.25, -0.2) is 9.78 Å². The lowest BCUT2D eigenvalue weighted by atomic mass is 10.2. The van der Waals surface area contributed by atoms with Crippen molar-refractivity contribution in [2.24, 2.45) is 0 Å². The van der Waals surface area contributed by atoms with Crippen LogP contribution in [0.1, 0.15) is 25.7 Å². The predicted molar refractivity (Wildman–Crippen MR) is 111 cm³/mol. The van der Waals surface area contributed by atoms with E-state index in [9.17, 15) is 9.59 Å². The third-order valence-electron chi connectivity index (χ3n) is 4.56. The number of benzene rings is 2. The number of hydrogen-bond donors (Lipinski definition) is 1. The molecule has 0 bridgehead atoms. The van der Waals surface area contributed by atoms with Gasteiger partial charge in [0.1, 0.15) is 5.82 Å². The fraction of sp³-hybridized carbons (Fsp3) is 0.250. The van der Waals surface area contributed by atoms with Gasteiger partial charge in [0, 0.05) is 23.8 Å². The fourth-order valence-corrected chi connectivity index (χ4v) is 3.34. The standard InChI is InChI=1S/C20H21BrN4O2/c1-4-25-18(23-17-11-6-5-10-16(17)19(25)26)13(2)24(3)20(27)22-15-9-7-8-14(21)12-15/h5-13H,4H2,1-3H3,(H,22,27). The van der Waals surface area contributed by atoms with Gasteiger partial charge in [0.15, 0.2) is 0 Å². The van der Waals surface area contributed by atoms with Crippen LogP contribution in [0.15, 0.2) is 57.8 Å². The van der Waals surface area contributed by atoms with Crippen LogP contribution in [0.3, 0.4) is 0 Å². The zero-order valence-electron chi connectivity index (χ0n) is 15.4. The Balaban J connectivity index is 1.93. The third-order valence-corrected chi connectivity index (χ3v) is 5.05. The molecule has 0 saturated carbocycles. The number of amides is 2. The second-order valence-corrected chi connectivity index (χ2v) is 7.18. The van der Waals surface area contributed by atoms with Crippen molar-refractivity contribution in [2.45, 2.75) is 26.4 Å². The minimum absolute atomic E-state index is 0.0919. The van der Waals surface area contributed by atoms with Crippen molar-refractivity contribution in [2.75, 3.05) is 12.4 Å². The average Bonchev–Trinajstić information content (AvgIpc) is 2.66. The first-order valence-electron chi connectivity index (χ1n) is 8.71. The quantitative estimate of drug-likeness (QED) is 0.669. The topological polar surface area (TPSA) is 67.2 Å². The van der Waals surface area contributed by atoms with E-state index >= 15 is 0 Å². The van der Waals surface area contributed by atoms with Gasteiger partial charge in [0.2, 0.25) is 0 Å². The van der Waals surface area contributed by atoms with E-state index in [0.29, 0.717) is 29.0 Å². The number of hydrogen-bond acceptors (Lipinski definition) is 3. The summed E-state index contributed by atoms with van der Waals surface area (Å²) in [6.45, 7) is 4.25. The molecule has 0 spiro atoms. The summed E-state index contributed by atoms with van der Waals surface area (Å²) in [5, 5.41) is 3.44. The van der Waals surface area contributed by atoms with Gasteiger partial charge >= 0.3 is 6.03 Å². The summed E-state index contributed by atoms with van der Waals surface area (Å²) in [6, 6.07) is 14.0. The Hall–Kier alpha value is -2.67. The lowest BCUT2D eigenvalue weighted by Crippen LogP contribution is -2.37. The molecule has 2 aromatic carbocycles. The summed E-state index contributed by atoms with van der Waals surface area (Å²) in [5.74, 6) is 0.563. The zero-order chi connectivity index (χ0) is 19.6. The second-order valence-electron chi connectivity index (χ2n) is 6.26. The summed E-state index contributed by atoms with van der Waals surface area (Å²) in [6.07, 6.45) is 0. The van der Waals surface area contributed by atoms with Crippen LogP contribution in [0.5, 0.6) is 0 Å². The molecule has 7 heteroatoms. The highest BCUT2D eigenvalue weighted by Gasteiger charge is 2.23. The number of rotatable bonds is 4. The maximum absolute atomic E-state index is 12.8. The molecule has 0 fully saturated rings. The molecule has 0 radical (unpaired) electrons. The summed E-state index contributed by atoms with van der Waals surface area (Å²) in [7, 11) is 1.69. The van der Waals surface area contributed by atoms with Crippen LogP contribution in [-0.4, -0.2) is 27.5 Å². The number of carbonyl (C=O) groups is 1. The van der Waals surface area contributed by atoms with Crippen LogP contribution in [0.4, 0.5) is 10.5 Å². The van der Waals surface area contributed by atoms with Crippen molar-refractivity contribution >= 4 is 38.6 Å². The van der Waals surface area contributed by atoms with E-state index in [2.05, 4.69) is 26.2 Å². The number of urea groups is 1. The van der Waals surface area contributed by atoms with Crippen molar-refractivity contribution in [3.63, 3.8) is 0 Å². The number of carbonyl (C=O) groups excluding carboxylic acids is 1. The van der Waals surface area contributed by atoms with Gasteiger partial charge < -0.3 is 10.2 Å². The Kier molecular flexibility index (Phi) is 5.60. The van der Waals surface area contributed by atoms with Gasteiger partial charge in [0.25, 0.3) is 5.56 Å². The molecule has 1 heterocycles. The molecule has 1 unspecified atom stereocenters. The van der Waals surface area contributed by atoms with E-state index in [1.54, 1.807) is 22.6 Å². The average molecular weight is 429 g/mol. The Morgan fingerprint density at radius 1 is 1.26 bits per heavy atom. The summed E-state index contributed by atoms with van der Waals surface area (Å²) in [5.41, 5.74) is 1.23. The van der Waals surface area contributed by atoms with E-state index in [4.69, 9.17) is 0 Å². The number of para-hydroxylation sites is 1. The maximum atomic E-state index is 12.8. The minimum atomic E-state index is -0.380. The van der Waals surface area contributed by atoms with Crippen molar-refractivity contribution in [1.29, 1.82) is 0 Å².